The lowest BCUT2D eigenvalue weighted by atomic mass is 10.1. The third kappa shape index (κ3) is 3.57. The van der Waals surface area contributed by atoms with Crippen LogP contribution in [0.2, 0.25) is 0 Å². The highest BCUT2D eigenvalue weighted by atomic mass is 16.5. The zero-order valence-corrected chi connectivity index (χ0v) is 10.4. The molecule has 18 heavy (non-hydrogen) atoms. The Morgan fingerprint density at radius 3 is 2.89 bits per heavy atom. The number of aryl methyl sites for hydroxylation is 1. The highest BCUT2D eigenvalue weighted by Crippen LogP contribution is 2.17. The molecule has 0 aliphatic carbocycles. The lowest BCUT2D eigenvalue weighted by molar-refractivity contribution is 0.140. The van der Waals surface area contributed by atoms with E-state index in [9.17, 15) is 5.11 Å². The summed E-state index contributed by atoms with van der Waals surface area (Å²) in [7, 11) is 0. The molecule has 0 fully saturated rings. The number of aromatic nitrogens is 1. The van der Waals surface area contributed by atoms with Crippen LogP contribution in [-0.4, -0.2) is 16.7 Å². The van der Waals surface area contributed by atoms with Crippen LogP contribution in [0.1, 0.15) is 23.7 Å². The molecule has 0 radical (unpaired) electrons. The van der Waals surface area contributed by atoms with Crippen molar-refractivity contribution >= 4 is 0 Å². The maximum absolute atomic E-state index is 9.93. The number of ether oxygens (including phenoxy) is 1. The number of hydrogen-bond acceptors (Lipinski definition) is 3. The summed E-state index contributed by atoms with van der Waals surface area (Å²) in [5.74, 6) is 0.841. The number of rotatable bonds is 5. The van der Waals surface area contributed by atoms with Gasteiger partial charge in [0.1, 0.15) is 5.75 Å². The van der Waals surface area contributed by atoms with Crippen molar-refractivity contribution in [2.24, 2.45) is 0 Å². The normalized spacial score (nSPS) is 12.1. The number of pyridine rings is 1. The SMILES string of the molecule is Cc1cccc(OCCC(O)c2cccnc2)c1. The average Bonchev–Trinajstić information content (AvgIpc) is 2.40. The largest absolute Gasteiger partial charge is 0.493 e. The monoisotopic (exact) mass is 243 g/mol. The Morgan fingerprint density at radius 2 is 2.17 bits per heavy atom. The van der Waals surface area contributed by atoms with Crippen LogP contribution in [0.5, 0.6) is 5.75 Å². The molecule has 2 rings (SSSR count). The fourth-order valence-electron chi connectivity index (χ4n) is 1.73. The number of nitrogens with zero attached hydrogens (tertiary/aromatic N) is 1. The van der Waals surface area contributed by atoms with Crippen molar-refractivity contribution < 1.29 is 9.84 Å². The maximum atomic E-state index is 9.93. The van der Waals surface area contributed by atoms with E-state index in [-0.39, 0.29) is 0 Å². The molecule has 94 valence electrons. The predicted octanol–water partition coefficient (Wildman–Crippen LogP) is 2.89. The minimum absolute atomic E-state index is 0.486. The molecule has 3 heteroatoms. The first kappa shape index (κ1) is 12.6. The minimum Gasteiger partial charge on any atom is -0.493 e. The van der Waals surface area contributed by atoms with Gasteiger partial charge in [0.2, 0.25) is 0 Å². The van der Waals surface area contributed by atoms with E-state index in [1.807, 2.05) is 43.3 Å². The van der Waals surface area contributed by atoms with E-state index in [0.29, 0.717) is 13.0 Å². The molecule has 3 nitrogen and oxygen atoms in total. The van der Waals surface area contributed by atoms with Crippen LogP contribution in [0.15, 0.2) is 48.8 Å². The first-order valence-electron chi connectivity index (χ1n) is 6.03. The molecule has 1 heterocycles. The van der Waals surface area contributed by atoms with E-state index in [0.717, 1.165) is 11.3 Å². The van der Waals surface area contributed by atoms with Gasteiger partial charge in [0, 0.05) is 18.8 Å². The summed E-state index contributed by atoms with van der Waals surface area (Å²) in [4.78, 5) is 3.98. The van der Waals surface area contributed by atoms with Gasteiger partial charge < -0.3 is 9.84 Å². The van der Waals surface area contributed by atoms with Crippen molar-refractivity contribution in [2.45, 2.75) is 19.4 Å². The van der Waals surface area contributed by atoms with Crippen molar-refractivity contribution in [3.05, 3.63) is 59.9 Å². The van der Waals surface area contributed by atoms with Gasteiger partial charge in [0.05, 0.1) is 12.7 Å². The lowest BCUT2D eigenvalue weighted by Gasteiger charge is -2.11. The molecule has 1 aromatic heterocycles. The van der Waals surface area contributed by atoms with E-state index in [1.165, 1.54) is 5.56 Å². The second-order valence-electron chi connectivity index (χ2n) is 4.26. The summed E-state index contributed by atoms with van der Waals surface area (Å²) < 4.78 is 5.60. The molecule has 1 atom stereocenters. The van der Waals surface area contributed by atoms with Gasteiger partial charge in [-0.1, -0.05) is 18.2 Å². The van der Waals surface area contributed by atoms with Crippen LogP contribution in [0.4, 0.5) is 0 Å². The van der Waals surface area contributed by atoms with E-state index in [2.05, 4.69) is 4.98 Å². The Morgan fingerprint density at radius 1 is 1.28 bits per heavy atom. The maximum Gasteiger partial charge on any atom is 0.119 e. The lowest BCUT2D eigenvalue weighted by Crippen LogP contribution is -2.05. The molecule has 0 bridgehead atoms. The van der Waals surface area contributed by atoms with Gasteiger partial charge >= 0.3 is 0 Å². The Hall–Kier alpha value is -1.87. The zero-order chi connectivity index (χ0) is 12.8. The fourth-order valence-corrected chi connectivity index (χ4v) is 1.73. The molecule has 0 aliphatic rings. The molecule has 0 amide bonds. The van der Waals surface area contributed by atoms with Gasteiger partial charge in [-0.15, -0.1) is 0 Å². The Labute approximate surface area is 107 Å². The van der Waals surface area contributed by atoms with Crippen LogP contribution in [0, 0.1) is 6.92 Å². The van der Waals surface area contributed by atoms with E-state index in [4.69, 9.17) is 4.74 Å². The molecule has 1 aromatic carbocycles. The van der Waals surface area contributed by atoms with Gasteiger partial charge in [0.25, 0.3) is 0 Å². The highest BCUT2D eigenvalue weighted by molar-refractivity contribution is 5.27. The summed E-state index contributed by atoms with van der Waals surface area (Å²) in [5.41, 5.74) is 1.99. The van der Waals surface area contributed by atoms with Crippen molar-refractivity contribution in [1.82, 2.24) is 4.98 Å². The quantitative estimate of drug-likeness (QED) is 0.878. The Kier molecular flexibility index (Phi) is 4.31. The number of aliphatic hydroxyl groups excluding tert-OH is 1. The van der Waals surface area contributed by atoms with Crippen LogP contribution in [0.3, 0.4) is 0 Å². The van der Waals surface area contributed by atoms with Crippen LogP contribution in [-0.2, 0) is 0 Å². The van der Waals surface area contributed by atoms with Gasteiger partial charge in [-0.3, -0.25) is 4.98 Å². The third-order valence-electron chi connectivity index (χ3n) is 2.72. The minimum atomic E-state index is -0.525. The standard InChI is InChI=1S/C15H17NO2/c1-12-4-2-6-14(10-12)18-9-7-15(17)13-5-3-8-16-11-13/h2-6,8,10-11,15,17H,7,9H2,1H3. The molecular weight excluding hydrogens is 226 g/mol. The van der Waals surface area contributed by atoms with Gasteiger partial charge in [0.15, 0.2) is 0 Å². The van der Waals surface area contributed by atoms with Crippen LogP contribution in [0.25, 0.3) is 0 Å². The second kappa shape index (κ2) is 6.17. The van der Waals surface area contributed by atoms with E-state index >= 15 is 0 Å². The third-order valence-corrected chi connectivity index (χ3v) is 2.72. The second-order valence-corrected chi connectivity index (χ2v) is 4.26. The van der Waals surface area contributed by atoms with Crippen LogP contribution < -0.4 is 4.74 Å². The molecule has 2 aromatic rings. The molecule has 0 saturated carbocycles. The van der Waals surface area contributed by atoms with Gasteiger partial charge in [-0.25, -0.2) is 0 Å². The van der Waals surface area contributed by atoms with Crippen molar-refractivity contribution in [2.75, 3.05) is 6.61 Å². The Balaban J connectivity index is 1.82. The predicted molar refractivity (Wildman–Crippen MR) is 70.5 cm³/mol. The van der Waals surface area contributed by atoms with E-state index in [1.54, 1.807) is 12.4 Å². The van der Waals surface area contributed by atoms with E-state index < -0.39 is 6.10 Å². The molecule has 0 aliphatic heterocycles. The Bertz CT molecular complexity index is 485. The number of benzene rings is 1. The van der Waals surface area contributed by atoms with Gasteiger partial charge in [-0.2, -0.15) is 0 Å². The topological polar surface area (TPSA) is 42.4 Å². The molecule has 1 unspecified atom stereocenters. The molecule has 1 N–H and O–H groups in total. The molecule has 0 saturated heterocycles. The number of hydrogen-bond donors (Lipinski definition) is 1. The highest BCUT2D eigenvalue weighted by Gasteiger charge is 2.07. The van der Waals surface area contributed by atoms with Gasteiger partial charge in [-0.05, 0) is 36.2 Å². The molecular formula is C15H17NO2. The number of aliphatic hydroxyl groups is 1. The summed E-state index contributed by atoms with van der Waals surface area (Å²) in [5, 5.41) is 9.93. The average molecular weight is 243 g/mol. The smallest absolute Gasteiger partial charge is 0.119 e. The van der Waals surface area contributed by atoms with Crippen LogP contribution >= 0.6 is 0 Å². The first-order valence-corrected chi connectivity index (χ1v) is 6.03. The summed E-state index contributed by atoms with van der Waals surface area (Å²) in [6.45, 7) is 2.51. The summed E-state index contributed by atoms with van der Waals surface area (Å²) in [6, 6.07) is 11.6. The summed E-state index contributed by atoms with van der Waals surface area (Å²) >= 11 is 0. The van der Waals surface area contributed by atoms with Crippen molar-refractivity contribution in [3.8, 4) is 5.75 Å². The van der Waals surface area contributed by atoms with Crippen molar-refractivity contribution in [1.29, 1.82) is 0 Å². The fraction of sp³-hybridized carbons (Fsp3) is 0.267. The zero-order valence-electron chi connectivity index (χ0n) is 10.4. The molecule has 0 spiro atoms. The summed E-state index contributed by atoms with van der Waals surface area (Å²) in [6.07, 6.45) is 3.40. The van der Waals surface area contributed by atoms with Crippen molar-refractivity contribution in [3.63, 3.8) is 0 Å². The first-order chi connectivity index (χ1) is 8.75.